The molecule has 16 heavy (non-hydrogen) atoms. The van der Waals surface area contributed by atoms with E-state index in [4.69, 9.17) is 5.26 Å². The summed E-state index contributed by atoms with van der Waals surface area (Å²) in [5.74, 6) is 0.590. The lowest BCUT2D eigenvalue weighted by Gasteiger charge is -2.21. The highest BCUT2D eigenvalue weighted by molar-refractivity contribution is 5.33. The van der Waals surface area contributed by atoms with E-state index < -0.39 is 0 Å². The second kappa shape index (κ2) is 5.12. The number of nitrogens with zero attached hydrogens (tertiary/aromatic N) is 2. The summed E-state index contributed by atoms with van der Waals surface area (Å²) in [5.41, 5.74) is 2.83. The summed E-state index contributed by atoms with van der Waals surface area (Å²) in [6, 6.07) is 6.41. The fourth-order valence-electron chi connectivity index (χ4n) is 2.51. The van der Waals surface area contributed by atoms with Crippen LogP contribution >= 0.6 is 0 Å². The molecule has 0 radical (unpaired) electrons. The zero-order valence-corrected chi connectivity index (χ0v) is 9.87. The number of hydrogen-bond acceptors (Lipinski definition) is 2. The molecule has 0 spiro atoms. The minimum atomic E-state index is 0.590. The van der Waals surface area contributed by atoms with Crippen LogP contribution in [-0.4, -0.2) is 4.98 Å². The lowest BCUT2D eigenvalue weighted by molar-refractivity contribution is 0.436. The Hall–Kier alpha value is -1.36. The molecule has 0 atom stereocenters. The first-order valence-corrected chi connectivity index (χ1v) is 6.25. The molecule has 0 aromatic carbocycles. The van der Waals surface area contributed by atoms with Gasteiger partial charge in [-0.2, -0.15) is 5.26 Å². The smallest absolute Gasteiger partial charge is 0.143 e. The summed E-state index contributed by atoms with van der Waals surface area (Å²) in [4.78, 5) is 4.52. The van der Waals surface area contributed by atoms with Gasteiger partial charge in [0.05, 0.1) is 0 Å². The van der Waals surface area contributed by atoms with Crippen LogP contribution in [-0.2, 0) is 6.42 Å². The Balaban J connectivity index is 2.25. The predicted octanol–water partition coefficient (Wildman–Crippen LogP) is 3.56. The monoisotopic (exact) mass is 214 g/mol. The normalized spacial score (nSPS) is 17.0. The first-order valence-electron chi connectivity index (χ1n) is 6.25. The Morgan fingerprint density at radius 3 is 2.69 bits per heavy atom. The number of rotatable bonds is 2. The van der Waals surface area contributed by atoms with Crippen molar-refractivity contribution in [1.29, 1.82) is 5.26 Å². The average molecular weight is 214 g/mol. The van der Waals surface area contributed by atoms with Crippen molar-refractivity contribution in [2.24, 2.45) is 0 Å². The number of aryl methyl sites for hydroxylation is 1. The number of pyridine rings is 1. The van der Waals surface area contributed by atoms with Crippen LogP contribution in [0.15, 0.2) is 12.1 Å². The van der Waals surface area contributed by atoms with Gasteiger partial charge in [-0.1, -0.05) is 32.3 Å². The quantitative estimate of drug-likeness (QED) is 0.754. The van der Waals surface area contributed by atoms with Crippen LogP contribution < -0.4 is 0 Å². The van der Waals surface area contributed by atoms with E-state index in [0.717, 1.165) is 17.7 Å². The molecule has 1 aliphatic carbocycles. The largest absolute Gasteiger partial charge is 0.242 e. The van der Waals surface area contributed by atoms with E-state index in [1.54, 1.807) is 0 Å². The summed E-state index contributed by atoms with van der Waals surface area (Å²) in [6.07, 6.45) is 7.34. The van der Waals surface area contributed by atoms with Gasteiger partial charge in [0.1, 0.15) is 11.8 Å². The van der Waals surface area contributed by atoms with Gasteiger partial charge in [0, 0.05) is 11.6 Å². The molecular formula is C14H18N2. The van der Waals surface area contributed by atoms with Crippen molar-refractivity contribution < 1.29 is 0 Å². The predicted molar refractivity (Wildman–Crippen MR) is 64.2 cm³/mol. The van der Waals surface area contributed by atoms with E-state index in [2.05, 4.69) is 30.1 Å². The Morgan fingerprint density at radius 1 is 1.31 bits per heavy atom. The van der Waals surface area contributed by atoms with Crippen molar-refractivity contribution in [1.82, 2.24) is 4.98 Å². The molecule has 84 valence electrons. The number of nitriles is 1. The highest BCUT2D eigenvalue weighted by Crippen LogP contribution is 2.31. The molecule has 1 aromatic heterocycles. The van der Waals surface area contributed by atoms with Crippen molar-refractivity contribution in [2.75, 3.05) is 0 Å². The van der Waals surface area contributed by atoms with Crippen LogP contribution in [0.3, 0.4) is 0 Å². The topological polar surface area (TPSA) is 36.7 Å². The van der Waals surface area contributed by atoms with Gasteiger partial charge in [0.25, 0.3) is 0 Å². The van der Waals surface area contributed by atoms with Gasteiger partial charge in [0.15, 0.2) is 0 Å². The third kappa shape index (κ3) is 2.24. The summed E-state index contributed by atoms with van der Waals surface area (Å²) >= 11 is 0. The second-order valence-corrected chi connectivity index (χ2v) is 4.54. The minimum Gasteiger partial charge on any atom is -0.242 e. The van der Waals surface area contributed by atoms with Gasteiger partial charge in [-0.15, -0.1) is 0 Å². The maximum absolute atomic E-state index is 9.06. The fraction of sp³-hybridized carbons (Fsp3) is 0.571. The first-order chi connectivity index (χ1) is 7.85. The Kier molecular flexibility index (Phi) is 3.56. The van der Waals surface area contributed by atoms with Crippen LogP contribution in [0.2, 0.25) is 0 Å². The van der Waals surface area contributed by atoms with E-state index >= 15 is 0 Å². The average Bonchev–Trinajstić information content (AvgIpc) is 2.39. The molecule has 0 N–H and O–H groups in total. The van der Waals surface area contributed by atoms with Crippen LogP contribution in [0.25, 0.3) is 0 Å². The lowest BCUT2D eigenvalue weighted by atomic mass is 9.86. The summed E-state index contributed by atoms with van der Waals surface area (Å²) in [7, 11) is 0. The van der Waals surface area contributed by atoms with Gasteiger partial charge >= 0.3 is 0 Å². The Morgan fingerprint density at radius 2 is 2.06 bits per heavy atom. The van der Waals surface area contributed by atoms with Gasteiger partial charge in [0.2, 0.25) is 0 Å². The van der Waals surface area contributed by atoms with Crippen LogP contribution in [0.4, 0.5) is 0 Å². The molecular weight excluding hydrogens is 196 g/mol. The third-order valence-electron chi connectivity index (χ3n) is 3.51. The van der Waals surface area contributed by atoms with Gasteiger partial charge in [-0.3, -0.25) is 0 Å². The third-order valence-corrected chi connectivity index (χ3v) is 3.51. The molecule has 1 aliphatic rings. The van der Waals surface area contributed by atoms with E-state index in [1.807, 2.05) is 0 Å². The lowest BCUT2D eigenvalue weighted by Crippen LogP contribution is -2.08. The first kappa shape index (κ1) is 11.1. The van der Waals surface area contributed by atoms with E-state index in [-0.39, 0.29) is 0 Å². The fourth-order valence-corrected chi connectivity index (χ4v) is 2.51. The van der Waals surface area contributed by atoms with Crippen molar-refractivity contribution in [3.63, 3.8) is 0 Å². The SMILES string of the molecule is CCc1ccc(C2CCCCC2)nc1C#N. The van der Waals surface area contributed by atoms with E-state index in [9.17, 15) is 0 Å². The second-order valence-electron chi connectivity index (χ2n) is 4.54. The van der Waals surface area contributed by atoms with Crippen molar-refractivity contribution in [2.45, 2.75) is 51.4 Å². The maximum atomic E-state index is 9.06. The summed E-state index contributed by atoms with van der Waals surface area (Å²) in [5, 5.41) is 9.06. The van der Waals surface area contributed by atoms with Crippen LogP contribution in [0.1, 0.15) is 61.9 Å². The molecule has 1 fully saturated rings. The molecule has 1 aromatic rings. The molecule has 0 bridgehead atoms. The van der Waals surface area contributed by atoms with E-state index in [0.29, 0.717) is 11.6 Å². The highest BCUT2D eigenvalue weighted by Gasteiger charge is 2.17. The molecule has 0 saturated heterocycles. The highest BCUT2D eigenvalue weighted by atomic mass is 14.7. The number of hydrogen-bond donors (Lipinski definition) is 0. The Bertz CT molecular complexity index is 398. The van der Waals surface area contributed by atoms with Crippen molar-refractivity contribution in [3.05, 3.63) is 29.1 Å². The minimum absolute atomic E-state index is 0.590. The van der Waals surface area contributed by atoms with Crippen molar-refractivity contribution in [3.8, 4) is 6.07 Å². The molecule has 0 unspecified atom stereocenters. The van der Waals surface area contributed by atoms with Gasteiger partial charge < -0.3 is 0 Å². The van der Waals surface area contributed by atoms with Gasteiger partial charge in [-0.25, -0.2) is 4.98 Å². The van der Waals surface area contributed by atoms with Crippen molar-refractivity contribution >= 4 is 0 Å². The van der Waals surface area contributed by atoms with Gasteiger partial charge in [-0.05, 0) is 30.9 Å². The Labute approximate surface area is 97.3 Å². The molecule has 2 rings (SSSR count). The zero-order chi connectivity index (χ0) is 11.4. The molecule has 1 heterocycles. The number of aromatic nitrogens is 1. The van der Waals surface area contributed by atoms with Crippen LogP contribution in [0.5, 0.6) is 0 Å². The zero-order valence-electron chi connectivity index (χ0n) is 9.87. The summed E-state index contributed by atoms with van der Waals surface area (Å²) < 4.78 is 0. The molecule has 1 saturated carbocycles. The molecule has 2 nitrogen and oxygen atoms in total. The maximum Gasteiger partial charge on any atom is 0.143 e. The van der Waals surface area contributed by atoms with E-state index in [1.165, 1.54) is 32.1 Å². The van der Waals surface area contributed by atoms with Crippen LogP contribution in [0, 0.1) is 11.3 Å². The summed E-state index contributed by atoms with van der Waals surface area (Å²) in [6.45, 7) is 2.07. The standard InChI is InChI=1S/C14H18N2/c1-2-11-8-9-13(16-14(11)10-15)12-6-4-3-5-7-12/h8-9,12H,2-7H2,1H3. The molecule has 2 heteroatoms. The molecule has 0 aliphatic heterocycles. The molecule has 0 amide bonds.